The van der Waals surface area contributed by atoms with Gasteiger partial charge in [-0.15, -0.1) is 0 Å². The van der Waals surface area contributed by atoms with E-state index in [0.717, 1.165) is 16.9 Å². The second kappa shape index (κ2) is 8.98. The highest BCUT2D eigenvalue weighted by Crippen LogP contribution is 2.51. The van der Waals surface area contributed by atoms with Crippen LogP contribution in [-0.4, -0.2) is 4.98 Å². The molecule has 0 bridgehead atoms. The fraction of sp³-hybridized carbons (Fsp3) is 0.0882. The Kier molecular flexibility index (Phi) is 5.50. The molecule has 0 saturated carbocycles. The molecule has 1 aliphatic carbocycles. The molecule has 4 aromatic carbocycles. The standard InChI is InChI=1S/C34H28N2/c1-34(2)32-23-26(14-13-25-19-21-35-22-20-25)15-17-30(32)31-18-16-29(24-33(31)34)36(27-9-5-3-6-10-27)28-11-7-4-8-12-28/h3-24H,1-2H3/b14-13+. The zero-order valence-corrected chi connectivity index (χ0v) is 20.6. The van der Waals surface area contributed by atoms with Gasteiger partial charge in [0, 0.05) is 34.9 Å². The van der Waals surface area contributed by atoms with Crippen molar-refractivity contribution in [2.45, 2.75) is 19.3 Å². The van der Waals surface area contributed by atoms with Gasteiger partial charge in [-0.05, 0) is 81.9 Å². The number of anilines is 3. The third kappa shape index (κ3) is 3.91. The van der Waals surface area contributed by atoms with Crippen LogP contribution in [-0.2, 0) is 5.41 Å². The molecular weight excluding hydrogens is 436 g/mol. The predicted octanol–water partition coefficient (Wildman–Crippen LogP) is 9.03. The first kappa shape index (κ1) is 22.1. The molecule has 0 saturated heterocycles. The maximum Gasteiger partial charge on any atom is 0.0465 e. The van der Waals surface area contributed by atoms with Gasteiger partial charge >= 0.3 is 0 Å². The summed E-state index contributed by atoms with van der Waals surface area (Å²) in [5.74, 6) is 0. The van der Waals surface area contributed by atoms with Gasteiger partial charge < -0.3 is 4.90 Å². The zero-order valence-electron chi connectivity index (χ0n) is 20.6. The van der Waals surface area contributed by atoms with E-state index in [0.29, 0.717) is 0 Å². The van der Waals surface area contributed by atoms with E-state index in [1.54, 1.807) is 0 Å². The van der Waals surface area contributed by atoms with Gasteiger partial charge in [0.2, 0.25) is 0 Å². The van der Waals surface area contributed by atoms with E-state index in [-0.39, 0.29) is 5.41 Å². The minimum atomic E-state index is -0.0970. The normalized spacial score (nSPS) is 13.4. The van der Waals surface area contributed by atoms with Crippen molar-refractivity contribution >= 4 is 29.2 Å². The van der Waals surface area contributed by atoms with Gasteiger partial charge in [0.05, 0.1) is 0 Å². The first-order valence-corrected chi connectivity index (χ1v) is 12.4. The van der Waals surface area contributed by atoms with Crippen LogP contribution in [0.2, 0.25) is 0 Å². The molecule has 36 heavy (non-hydrogen) atoms. The van der Waals surface area contributed by atoms with Crippen molar-refractivity contribution in [1.29, 1.82) is 0 Å². The van der Waals surface area contributed by atoms with E-state index < -0.39 is 0 Å². The Balaban J connectivity index is 1.41. The maximum atomic E-state index is 4.11. The highest BCUT2D eigenvalue weighted by atomic mass is 15.1. The van der Waals surface area contributed by atoms with Gasteiger partial charge in [0.1, 0.15) is 0 Å². The zero-order chi connectivity index (χ0) is 24.5. The van der Waals surface area contributed by atoms with Crippen molar-refractivity contribution in [3.63, 3.8) is 0 Å². The lowest BCUT2D eigenvalue weighted by Crippen LogP contribution is -2.16. The van der Waals surface area contributed by atoms with E-state index in [1.165, 1.54) is 33.5 Å². The summed E-state index contributed by atoms with van der Waals surface area (Å²) < 4.78 is 0. The average molecular weight is 465 g/mol. The topological polar surface area (TPSA) is 16.1 Å². The lowest BCUT2D eigenvalue weighted by molar-refractivity contribution is 0.660. The van der Waals surface area contributed by atoms with Crippen LogP contribution in [0.25, 0.3) is 23.3 Å². The van der Waals surface area contributed by atoms with Gasteiger partial charge in [0.25, 0.3) is 0 Å². The smallest absolute Gasteiger partial charge is 0.0465 e. The lowest BCUT2D eigenvalue weighted by Gasteiger charge is -2.28. The molecule has 0 atom stereocenters. The summed E-state index contributed by atoms with van der Waals surface area (Å²) in [6.07, 6.45) is 7.99. The number of aromatic nitrogens is 1. The molecule has 1 aliphatic rings. The molecule has 0 spiro atoms. The van der Waals surface area contributed by atoms with Crippen molar-refractivity contribution in [1.82, 2.24) is 4.98 Å². The number of para-hydroxylation sites is 2. The van der Waals surface area contributed by atoms with Crippen molar-refractivity contribution in [3.8, 4) is 11.1 Å². The van der Waals surface area contributed by atoms with E-state index in [4.69, 9.17) is 0 Å². The molecule has 0 amide bonds. The fourth-order valence-electron chi connectivity index (χ4n) is 5.25. The van der Waals surface area contributed by atoms with Crippen molar-refractivity contribution in [2.24, 2.45) is 0 Å². The van der Waals surface area contributed by atoms with Gasteiger partial charge in [-0.25, -0.2) is 0 Å². The summed E-state index contributed by atoms with van der Waals surface area (Å²) in [7, 11) is 0. The highest BCUT2D eigenvalue weighted by Gasteiger charge is 2.36. The lowest BCUT2D eigenvalue weighted by atomic mass is 9.81. The average Bonchev–Trinajstić information content (AvgIpc) is 3.15. The Morgan fingerprint density at radius 2 is 1.11 bits per heavy atom. The van der Waals surface area contributed by atoms with Gasteiger partial charge in [-0.3, -0.25) is 4.98 Å². The molecule has 2 nitrogen and oxygen atoms in total. The van der Waals surface area contributed by atoms with Crippen molar-refractivity contribution < 1.29 is 0 Å². The van der Waals surface area contributed by atoms with Gasteiger partial charge in [-0.1, -0.05) is 86.7 Å². The van der Waals surface area contributed by atoms with Gasteiger partial charge in [0.15, 0.2) is 0 Å². The molecule has 0 aliphatic heterocycles. The van der Waals surface area contributed by atoms with Crippen LogP contribution >= 0.6 is 0 Å². The molecular formula is C34H28N2. The van der Waals surface area contributed by atoms with Crippen LogP contribution in [0.3, 0.4) is 0 Å². The summed E-state index contributed by atoms with van der Waals surface area (Å²) in [5.41, 5.74) is 11.1. The number of hydrogen-bond donors (Lipinski definition) is 0. The maximum absolute atomic E-state index is 4.11. The quantitative estimate of drug-likeness (QED) is 0.258. The summed E-state index contributed by atoms with van der Waals surface area (Å²) in [4.78, 5) is 6.45. The second-order valence-electron chi connectivity index (χ2n) is 9.78. The molecule has 6 rings (SSSR count). The molecule has 0 radical (unpaired) electrons. The molecule has 0 fully saturated rings. The van der Waals surface area contributed by atoms with Crippen molar-refractivity contribution in [3.05, 3.63) is 144 Å². The van der Waals surface area contributed by atoms with Crippen LogP contribution in [0, 0.1) is 0 Å². The van der Waals surface area contributed by atoms with Gasteiger partial charge in [-0.2, -0.15) is 0 Å². The minimum absolute atomic E-state index is 0.0970. The summed E-state index contributed by atoms with van der Waals surface area (Å²) in [6, 6.07) is 39.0. The number of hydrogen-bond acceptors (Lipinski definition) is 2. The SMILES string of the molecule is CC1(C)c2cc(/C=C/c3ccncc3)ccc2-c2ccc(N(c3ccccc3)c3ccccc3)cc21. The molecule has 2 heteroatoms. The summed E-state index contributed by atoms with van der Waals surface area (Å²) in [6.45, 7) is 4.68. The number of nitrogens with zero attached hydrogens (tertiary/aromatic N) is 2. The minimum Gasteiger partial charge on any atom is -0.310 e. The molecule has 0 unspecified atom stereocenters. The summed E-state index contributed by atoms with van der Waals surface area (Å²) >= 11 is 0. The Morgan fingerprint density at radius 1 is 0.556 bits per heavy atom. The highest BCUT2D eigenvalue weighted by molar-refractivity contribution is 5.86. The van der Waals surface area contributed by atoms with Crippen LogP contribution in [0.1, 0.15) is 36.1 Å². The van der Waals surface area contributed by atoms with Crippen LogP contribution < -0.4 is 4.90 Å². The number of benzene rings is 4. The molecule has 1 aromatic heterocycles. The predicted molar refractivity (Wildman–Crippen MR) is 152 cm³/mol. The van der Waals surface area contributed by atoms with E-state index in [1.807, 2.05) is 24.5 Å². The number of rotatable bonds is 5. The monoisotopic (exact) mass is 464 g/mol. The first-order chi connectivity index (χ1) is 17.6. The van der Waals surface area contributed by atoms with E-state index >= 15 is 0 Å². The number of fused-ring (bicyclic) bond motifs is 3. The van der Waals surface area contributed by atoms with E-state index in [9.17, 15) is 0 Å². The Hall–Kier alpha value is -4.43. The Bertz CT molecular complexity index is 1500. The van der Waals surface area contributed by atoms with Crippen LogP contribution in [0.5, 0.6) is 0 Å². The molecule has 0 N–H and O–H groups in total. The Labute approximate surface area is 213 Å². The number of pyridine rings is 1. The second-order valence-corrected chi connectivity index (χ2v) is 9.78. The molecule has 174 valence electrons. The Morgan fingerprint density at radius 3 is 1.75 bits per heavy atom. The van der Waals surface area contributed by atoms with Crippen LogP contribution in [0.4, 0.5) is 17.1 Å². The largest absolute Gasteiger partial charge is 0.310 e. The fourth-order valence-corrected chi connectivity index (χ4v) is 5.25. The molecule has 1 heterocycles. The van der Waals surface area contributed by atoms with Crippen LogP contribution in [0.15, 0.2) is 122 Å². The third-order valence-corrected chi connectivity index (χ3v) is 7.14. The van der Waals surface area contributed by atoms with Crippen molar-refractivity contribution in [2.75, 3.05) is 4.90 Å². The first-order valence-electron chi connectivity index (χ1n) is 12.4. The summed E-state index contributed by atoms with van der Waals surface area (Å²) in [5, 5.41) is 0. The van der Waals surface area contributed by atoms with E-state index in [2.05, 4.69) is 133 Å². The third-order valence-electron chi connectivity index (χ3n) is 7.14. The molecule has 5 aromatic rings.